The molecule has 0 rings (SSSR count). The fraction of sp³-hybridized carbons (Fsp3) is 0.737. The summed E-state index contributed by atoms with van der Waals surface area (Å²) in [5.74, 6) is -1.56. The van der Waals surface area contributed by atoms with E-state index in [9.17, 15) is 43.5 Å². The Labute approximate surface area is 690 Å². The van der Waals surface area contributed by atoms with Gasteiger partial charge >= 0.3 is 33.6 Å². The lowest BCUT2D eigenvalue weighted by Gasteiger charge is -2.21. The summed E-state index contributed by atoms with van der Waals surface area (Å²) in [5.41, 5.74) is 0. The number of aliphatic hydroxyl groups excluding tert-OH is 2. The van der Waals surface area contributed by atoms with Gasteiger partial charge in [-0.15, -0.1) is 0 Å². The van der Waals surface area contributed by atoms with Gasteiger partial charge in [0, 0.05) is 19.3 Å². The van der Waals surface area contributed by atoms with Gasteiger partial charge in [0.1, 0.15) is 25.4 Å². The van der Waals surface area contributed by atoms with Crippen molar-refractivity contribution >= 4 is 33.6 Å². The van der Waals surface area contributed by atoms with E-state index in [0.29, 0.717) is 19.3 Å². The number of phosphoric ester groups is 2. The van der Waals surface area contributed by atoms with Crippen molar-refractivity contribution in [1.29, 1.82) is 0 Å². The van der Waals surface area contributed by atoms with Gasteiger partial charge < -0.3 is 34.2 Å². The molecule has 4 N–H and O–H groups in total. The van der Waals surface area contributed by atoms with Crippen molar-refractivity contribution in [2.45, 2.75) is 411 Å². The summed E-state index contributed by atoms with van der Waals surface area (Å²) in [6, 6.07) is 0. The van der Waals surface area contributed by atoms with Gasteiger partial charge in [-0.2, -0.15) is 0 Å². The van der Waals surface area contributed by atoms with Crippen LogP contribution in [0.3, 0.4) is 0 Å². The monoisotopic (exact) mass is 1630 g/mol. The summed E-state index contributed by atoms with van der Waals surface area (Å²) >= 11 is 0. The number of unbranched alkanes of at least 4 members (excludes halogenated alkanes) is 41. The van der Waals surface area contributed by atoms with Gasteiger partial charge in [-0.05, 0) is 116 Å². The Kier molecular flexibility index (Phi) is 83.7. The van der Waals surface area contributed by atoms with Crippen molar-refractivity contribution in [1.82, 2.24) is 0 Å². The van der Waals surface area contributed by atoms with Crippen LogP contribution in [0.2, 0.25) is 0 Å². The number of carbonyl (C=O) groups excluding carboxylic acids is 3. The first-order valence-electron chi connectivity index (χ1n) is 45.5. The molecule has 0 saturated carbocycles. The molecule has 0 amide bonds. The van der Waals surface area contributed by atoms with Gasteiger partial charge in [-0.1, -0.05) is 392 Å². The third-order valence-electron chi connectivity index (χ3n) is 19.4. The molecule has 0 radical (unpaired) electrons. The molecule has 652 valence electrons. The van der Waals surface area contributed by atoms with Crippen LogP contribution in [0.15, 0.2) is 134 Å². The van der Waals surface area contributed by atoms with Crippen LogP contribution in [0.4, 0.5) is 0 Å². The first-order chi connectivity index (χ1) is 55.2. The Morgan fingerprint density at radius 1 is 0.257 bits per heavy atom. The van der Waals surface area contributed by atoms with Gasteiger partial charge in [0.25, 0.3) is 0 Å². The summed E-state index contributed by atoms with van der Waals surface area (Å²) in [6.07, 6.45) is 108. The second-order valence-electron chi connectivity index (χ2n) is 30.4. The fourth-order valence-corrected chi connectivity index (χ4v) is 14.1. The zero-order valence-corrected chi connectivity index (χ0v) is 73.6. The van der Waals surface area contributed by atoms with Crippen LogP contribution >= 0.6 is 15.6 Å². The summed E-state index contributed by atoms with van der Waals surface area (Å²) in [6.45, 7) is 2.51. The third kappa shape index (κ3) is 88.3. The SMILES string of the molecule is CC/C=C\C/C=C\C/C=C\C/C=C\C/C=C\C/C=C\CCCCCCCCCCCCCCCCCCC(=O)OCC(O)COP(=O)(O)OCC(O)COP(=O)(O)OCC(COC(=O)CCCCCCCCCCCCCCC/C=C\C/C=C\C/C=C\C/C=C\C/C=C\CC)OC(=O)CCCCCCCCCCCCCCC. The molecule has 18 heteroatoms. The quantitative estimate of drug-likeness (QED) is 0.0146. The summed E-state index contributed by atoms with van der Waals surface area (Å²) < 4.78 is 61.4. The first kappa shape index (κ1) is 109. The lowest BCUT2D eigenvalue weighted by Crippen LogP contribution is -2.30. The molecule has 0 fully saturated rings. The molecule has 0 saturated heterocycles. The molecule has 5 atom stereocenters. The Morgan fingerprint density at radius 2 is 0.469 bits per heavy atom. The standard InChI is InChI=1S/C95H166O16P2/c1-4-7-10-13-16-19-22-25-27-29-31-33-35-37-39-41-42-43-44-45-46-48-50-51-53-55-57-59-61-64-66-69-72-75-78-81-93(98)105-84-90(96)85-107-112(101,102)108-86-91(97)87-109-113(103,104)110-89-92(111-95(100)83-80-77-74-71-68-63-24-21-18-15-12-9-6-3)88-106-94(99)82-79-76-73-70-67-65-62-60-58-56-54-52-49-47-40-38-36-34-32-30-28-26-23-20-17-14-11-8-5-2/h7-8,10-11,16-17,19-20,25-28,31-34,37-40,42-43,90-92,96-97H,4-6,9,12-15,18,21-24,29-30,35-36,41,44-89H2,1-3H3,(H,101,102)(H,103,104)/b10-7-,11-8-,19-16-,20-17-,27-25-,28-26-,33-31-,34-32-,39-37-,40-38-,43-42-. The lowest BCUT2D eigenvalue weighted by molar-refractivity contribution is -0.161. The van der Waals surface area contributed by atoms with E-state index in [-0.39, 0.29) is 19.3 Å². The van der Waals surface area contributed by atoms with E-state index >= 15 is 0 Å². The number of hydrogen-bond acceptors (Lipinski definition) is 14. The van der Waals surface area contributed by atoms with E-state index in [1.54, 1.807) is 0 Å². The molecule has 0 aliphatic carbocycles. The largest absolute Gasteiger partial charge is 0.472 e. The molecule has 0 heterocycles. The van der Waals surface area contributed by atoms with Crippen LogP contribution < -0.4 is 0 Å². The van der Waals surface area contributed by atoms with Gasteiger partial charge in [0.2, 0.25) is 0 Å². The number of phosphoric acid groups is 2. The maximum Gasteiger partial charge on any atom is 0.472 e. The highest BCUT2D eigenvalue weighted by molar-refractivity contribution is 7.47. The molecular formula is C95H166O16P2. The van der Waals surface area contributed by atoms with E-state index in [2.05, 4.69) is 154 Å². The number of hydrogen-bond donors (Lipinski definition) is 4. The molecule has 0 aliphatic heterocycles. The maximum absolute atomic E-state index is 13.0. The highest BCUT2D eigenvalue weighted by Gasteiger charge is 2.29. The molecule has 0 aromatic carbocycles. The minimum atomic E-state index is -4.93. The summed E-state index contributed by atoms with van der Waals surface area (Å²) in [7, 11) is -9.79. The van der Waals surface area contributed by atoms with Crippen molar-refractivity contribution in [3.05, 3.63) is 134 Å². The molecule has 113 heavy (non-hydrogen) atoms. The predicted octanol–water partition coefficient (Wildman–Crippen LogP) is 27.8. The number of carbonyl (C=O) groups is 3. The molecule has 16 nitrogen and oxygen atoms in total. The average molecular weight is 1630 g/mol. The van der Waals surface area contributed by atoms with E-state index in [1.165, 1.54) is 193 Å². The first-order valence-corrected chi connectivity index (χ1v) is 48.5. The van der Waals surface area contributed by atoms with Gasteiger partial charge in [-0.25, -0.2) is 9.13 Å². The van der Waals surface area contributed by atoms with Gasteiger partial charge in [0.05, 0.1) is 26.4 Å². The Balaban J connectivity index is 4.38. The smallest absolute Gasteiger partial charge is 0.463 e. The minimum absolute atomic E-state index is 0.108. The number of ether oxygens (including phenoxy) is 3. The van der Waals surface area contributed by atoms with E-state index in [1.807, 2.05) is 0 Å². The molecular weight excluding hydrogens is 1460 g/mol. The average Bonchev–Trinajstić information content (AvgIpc) is 0.903. The summed E-state index contributed by atoms with van der Waals surface area (Å²) in [5, 5.41) is 20.7. The Hall–Kier alpha value is -4.31. The highest BCUT2D eigenvalue weighted by Crippen LogP contribution is 2.45. The number of allylic oxidation sites excluding steroid dienone is 22. The molecule has 0 aromatic heterocycles. The van der Waals surface area contributed by atoms with Crippen LogP contribution in [0, 0.1) is 0 Å². The van der Waals surface area contributed by atoms with Gasteiger partial charge in [-0.3, -0.25) is 32.5 Å². The summed E-state index contributed by atoms with van der Waals surface area (Å²) in [4.78, 5) is 58.8. The third-order valence-corrected chi connectivity index (χ3v) is 21.3. The zero-order valence-electron chi connectivity index (χ0n) is 71.8. The lowest BCUT2D eigenvalue weighted by atomic mass is 10.0. The van der Waals surface area contributed by atoms with Crippen LogP contribution in [0.25, 0.3) is 0 Å². The molecule has 0 aromatic rings. The second kappa shape index (κ2) is 87.0. The fourth-order valence-electron chi connectivity index (χ4n) is 12.5. The van der Waals surface area contributed by atoms with Crippen molar-refractivity contribution in [3.63, 3.8) is 0 Å². The number of esters is 3. The van der Waals surface area contributed by atoms with Gasteiger partial charge in [0.15, 0.2) is 6.10 Å². The predicted molar refractivity (Wildman–Crippen MR) is 473 cm³/mol. The van der Waals surface area contributed by atoms with E-state index < -0.39 is 91.5 Å². The van der Waals surface area contributed by atoms with Crippen LogP contribution in [0.1, 0.15) is 393 Å². The van der Waals surface area contributed by atoms with Crippen LogP contribution in [0.5, 0.6) is 0 Å². The molecule has 0 spiro atoms. The van der Waals surface area contributed by atoms with Crippen molar-refractivity contribution in [3.8, 4) is 0 Å². The van der Waals surface area contributed by atoms with E-state index in [0.717, 1.165) is 141 Å². The van der Waals surface area contributed by atoms with Crippen molar-refractivity contribution in [2.24, 2.45) is 0 Å². The number of rotatable bonds is 86. The zero-order chi connectivity index (χ0) is 82.2. The topological polar surface area (TPSA) is 231 Å². The maximum atomic E-state index is 13.0. The Morgan fingerprint density at radius 3 is 0.743 bits per heavy atom. The highest BCUT2D eigenvalue weighted by atomic mass is 31.2. The Bertz CT molecular complexity index is 2580. The number of aliphatic hydroxyl groups is 2. The molecule has 0 aliphatic rings. The molecule has 5 unspecified atom stereocenters. The molecule has 0 bridgehead atoms. The normalized spacial score (nSPS) is 14.4. The minimum Gasteiger partial charge on any atom is -0.463 e. The van der Waals surface area contributed by atoms with E-state index in [4.69, 9.17) is 32.3 Å². The van der Waals surface area contributed by atoms with Crippen molar-refractivity contribution < 1.29 is 75.8 Å². The second-order valence-corrected chi connectivity index (χ2v) is 33.3. The van der Waals surface area contributed by atoms with Crippen LogP contribution in [-0.4, -0.2) is 95.9 Å². The van der Waals surface area contributed by atoms with Crippen LogP contribution in [-0.2, 0) is 55.8 Å². The van der Waals surface area contributed by atoms with Crippen molar-refractivity contribution in [2.75, 3.05) is 39.6 Å².